The first kappa shape index (κ1) is 17.8. The van der Waals surface area contributed by atoms with Crippen molar-refractivity contribution >= 4 is 11.9 Å². The zero-order valence-electron chi connectivity index (χ0n) is 15.4. The molecule has 1 aromatic heterocycles. The van der Waals surface area contributed by atoms with Crippen LogP contribution in [-0.4, -0.2) is 45.8 Å². The zero-order valence-corrected chi connectivity index (χ0v) is 15.4. The molecule has 2 aliphatic rings. The summed E-state index contributed by atoms with van der Waals surface area (Å²) in [6.07, 6.45) is 10.6. The van der Waals surface area contributed by atoms with Crippen LogP contribution in [0.4, 0.5) is 0 Å². The molecule has 1 aliphatic heterocycles. The van der Waals surface area contributed by atoms with Crippen LogP contribution < -0.4 is 0 Å². The highest BCUT2D eigenvalue weighted by atomic mass is 16.5. The minimum Gasteiger partial charge on any atom is -0.452 e. The Hall–Kier alpha value is -2.63. The van der Waals surface area contributed by atoms with E-state index in [2.05, 4.69) is 5.10 Å². The molecule has 142 valence electrons. The van der Waals surface area contributed by atoms with Gasteiger partial charge < -0.3 is 9.64 Å². The number of hydrogen-bond donors (Lipinski definition) is 0. The standard InChI is InChI=1S/C21H25N3O3/c25-20(23-13-3-6-16-5-1-2-7-19(16)23)15-27-21(26)17-8-10-18(11-9-17)24-14-4-12-22-24/h4,8-12,14,16,19H,1-3,5-7,13,15H2/t16-,19-/m1/s1. The monoisotopic (exact) mass is 367 g/mol. The number of likely N-dealkylation sites (tertiary alicyclic amines) is 1. The molecule has 0 bridgehead atoms. The van der Waals surface area contributed by atoms with Crippen molar-refractivity contribution in [1.29, 1.82) is 0 Å². The third-order valence-corrected chi connectivity index (χ3v) is 5.76. The zero-order chi connectivity index (χ0) is 18.6. The molecular weight excluding hydrogens is 342 g/mol. The van der Waals surface area contributed by atoms with Crippen LogP contribution in [0, 0.1) is 5.92 Å². The first-order valence-corrected chi connectivity index (χ1v) is 9.79. The van der Waals surface area contributed by atoms with Gasteiger partial charge in [-0.3, -0.25) is 4.79 Å². The summed E-state index contributed by atoms with van der Waals surface area (Å²) in [6.45, 7) is 0.610. The highest BCUT2D eigenvalue weighted by Gasteiger charge is 2.35. The lowest BCUT2D eigenvalue weighted by Crippen LogP contribution is -2.50. The quantitative estimate of drug-likeness (QED) is 0.779. The molecule has 4 rings (SSSR count). The van der Waals surface area contributed by atoms with Crippen LogP contribution in [0.2, 0.25) is 0 Å². The number of benzene rings is 1. The molecule has 0 radical (unpaired) electrons. The van der Waals surface area contributed by atoms with E-state index >= 15 is 0 Å². The van der Waals surface area contributed by atoms with E-state index in [9.17, 15) is 9.59 Å². The van der Waals surface area contributed by atoms with Crippen molar-refractivity contribution in [2.75, 3.05) is 13.2 Å². The molecule has 6 nitrogen and oxygen atoms in total. The number of ether oxygens (including phenoxy) is 1. The average molecular weight is 367 g/mol. The van der Waals surface area contributed by atoms with Crippen molar-refractivity contribution in [3.05, 3.63) is 48.3 Å². The maximum absolute atomic E-state index is 12.6. The topological polar surface area (TPSA) is 64.4 Å². The number of nitrogens with zero attached hydrogens (tertiary/aromatic N) is 3. The van der Waals surface area contributed by atoms with Gasteiger partial charge in [-0.1, -0.05) is 12.8 Å². The summed E-state index contributed by atoms with van der Waals surface area (Å²) in [5.74, 6) is 0.0997. The molecule has 0 N–H and O–H groups in total. The minimum absolute atomic E-state index is 0.0619. The van der Waals surface area contributed by atoms with Gasteiger partial charge in [0.1, 0.15) is 0 Å². The van der Waals surface area contributed by atoms with E-state index in [-0.39, 0.29) is 12.5 Å². The van der Waals surface area contributed by atoms with E-state index in [1.807, 2.05) is 29.3 Å². The van der Waals surface area contributed by atoms with Gasteiger partial charge in [0.05, 0.1) is 11.3 Å². The average Bonchev–Trinajstić information content (AvgIpc) is 3.26. The number of carbonyl (C=O) groups excluding carboxylic acids is 2. The van der Waals surface area contributed by atoms with Gasteiger partial charge in [0.2, 0.25) is 0 Å². The molecule has 27 heavy (non-hydrogen) atoms. The Morgan fingerprint density at radius 1 is 1.07 bits per heavy atom. The van der Waals surface area contributed by atoms with Gasteiger partial charge in [0, 0.05) is 25.0 Å². The molecule has 2 aromatic rings. The van der Waals surface area contributed by atoms with Crippen molar-refractivity contribution in [3.8, 4) is 5.69 Å². The van der Waals surface area contributed by atoms with E-state index in [4.69, 9.17) is 4.74 Å². The van der Waals surface area contributed by atoms with Gasteiger partial charge in [-0.2, -0.15) is 5.10 Å². The summed E-state index contributed by atoms with van der Waals surface area (Å²) in [5.41, 5.74) is 1.30. The number of fused-ring (bicyclic) bond motifs is 1. The van der Waals surface area contributed by atoms with Crippen LogP contribution in [0.25, 0.3) is 5.69 Å². The highest BCUT2D eigenvalue weighted by molar-refractivity contribution is 5.91. The van der Waals surface area contributed by atoms with Crippen LogP contribution in [-0.2, 0) is 9.53 Å². The largest absolute Gasteiger partial charge is 0.452 e. The third-order valence-electron chi connectivity index (χ3n) is 5.76. The Bertz CT molecular complexity index is 784. The second-order valence-corrected chi connectivity index (χ2v) is 7.41. The van der Waals surface area contributed by atoms with Gasteiger partial charge in [-0.25, -0.2) is 9.48 Å². The van der Waals surface area contributed by atoms with Gasteiger partial charge in [0.25, 0.3) is 5.91 Å². The summed E-state index contributed by atoms with van der Waals surface area (Å²) in [6, 6.07) is 9.19. The van der Waals surface area contributed by atoms with E-state index in [1.54, 1.807) is 23.0 Å². The number of aromatic nitrogens is 2. The molecule has 6 heteroatoms. The molecule has 0 spiro atoms. The molecule has 1 aliphatic carbocycles. The lowest BCUT2D eigenvalue weighted by atomic mass is 9.78. The fraction of sp³-hybridized carbons (Fsp3) is 0.476. The van der Waals surface area contributed by atoms with Crippen molar-refractivity contribution < 1.29 is 14.3 Å². The Morgan fingerprint density at radius 3 is 2.63 bits per heavy atom. The molecular formula is C21H25N3O3. The molecule has 2 fully saturated rings. The number of hydrogen-bond acceptors (Lipinski definition) is 4. The summed E-state index contributed by atoms with van der Waals surface area (Å²) >= 11 is 0. The Kier molecular flexibility index (Phi) is 5.23. The Balaban J connectivity index is 1.34. The van der Waals surface area contributed by atoms with Crippen LogP contribution in [0.5, 0.6) is 0 Å². The maximum atomic E-state index is 12.6. The predicted molar refractivity (Wildman–Crippen MR) is 101 cm³/mol. The number of esters is 1. The van der Waals surface area contributed by atoms with Crippen molar-refractivity contribution in [2.24, 2.45) is 5.92 Å². The molecule has 2 atom stereocenters. The number of amides is 1. The van der Waals surface area contributed by atoms with Crippen LogP contribution >= 0.6 is 0 Å². The summed E-state index contributed by atoms with van der Waals surface area (Å²) < 4.78 is 7.02. The van der Waals surface area contributed by atoms with Gasteiger partial charge in [-0.05, 0) is 61.9 Å². The van der Waals surface area contributed by atoms with Crippen LogP contribution in [0.15, 0.2) is 42.7 Å². The first-order chi connectivity index (χ1) is 13.2. The maximum Gasteiger partial charge on any atom is 0.338 e. The van der Waals surface area contributed by atoms with E-state index in [0.29, 0.717) is 17.5 Å². The Labute approximate surface area is 159 Å². The smallest absolute Gasteiger partial charge is 0.338 e. The van der Waals surface area contributed by atoms with E-state index < -0.39 is 5.97 Å². The molecule has 0 unspecified atom stereocenters. The van der Waals surface area contributed by atoms with E-state index in [0.717, 1.165) is 25.1 Å². The van der Waals surface area contributed by atoms with Crippen molar-refractivity contribution in [1.82, 2.24) is 14.7 Å². The SMILES string of the molecule is O=C(OCC(=O)N1CCC[C@H]2CCCC[C@H]21)c1ccc(-n2cccn2)cc1. The number of piperidine rings is 1. The highest BCUT2D eigenvalue weighted by Crippen LogP contribution is 2.35. The van der Waals surface area contributed by atoms with Crippen LogP contribution in [0.1, 0.15) is 48.9 Å². The van der Waals surface area contributed by atoms with Gasteiger partial charge >= 0.3 is 5.97 Å². The van der Waals surface area contributed by atoms with Gasteiger partial charge in [0.15, 0.2) is 6.61 Å². The van der Waals surface area contributed by atoms with Gasteiger partial charge in [-0.15, -0.1) is 0 Å². The summed E-state index contributed by atoms with van der Waals surface area (Å²) in [7, 11) is 0. The molecule has 1 saturated heterocycles. The molecule has 1 aromatic carbocycles. The molecule has 1 amide bonds. The second kappa shape index (κ2) is 7.94. The number of rotatable bonds is 4. The van der Waals surface area contributed by atoms with Crippen molar-refractivity contribution in [3.63, 3.8) is 0 Å². The normalized spacial score (nSPS) is 22.1. The number of carbonyl (C=O) groups is 2. The summed E-state index contributed by atoms with van der Waals surface area (Å²) in [5, 5.41) is 4.16. The fourth-order valence-corrected chi connectivity index (χ4v) is 4.40. The third kappa shape index (κ3) is 3.89. The molecule has 1 saturated carbocycles. The first-order valence-electron chi connectivity index (χ1n) is 9.79. The lowest BCUT2D eigenvalue weighted by molar-refractivity contribution is -0.140. The minimum atomic E-state index is -0.465. The van der Waals surface area contributed by atoms with Crippen molar-refractivity contribution in [2.45, 2.75) is 44.6 Å². The second-order valence-electron chi connectivity index (χ2n) is 7.41. The predicted octanol–water partition coefficient (Wildman–Crippen LogP) is 3.21. The molecule has 2 heterocycles. The van der Waals surface area contributed by atoms with E-state index in [1.165, 1.54) is 25.7 Å². The van der Waals surface area contributed by atoms with Crippen LogP contribution in [0.3, 0.4) is 0 Å². The fourth-order valence-electron chi connectivity index (χ4n) is 4.40. The lowest BCUT2D eigenvalue weighted by Gasteiger charge is -2.44. The summed E-state index contributed by atoms with van der Waals surface area (Å²) in [4.78, 5) is 26.9. The Morgan fingerprint density at radius 2 is 1.85 bits per heavy atom.